The summed E-state index contributed by atoms with van der Waals surface area (Å²) in [6, 6.07) is 9.07. The predicted molar refractivity (Wildman–Crippen MR) is 117 cm³/mol. The fraction of sp³-hybridized carbons (Fsp3) is 0.227. The van der Waals surface area contributed by atoms with Crippen molar-refractivity contribution in [1.82, 2.24) is 9.88 Å². The van der Waals surface area contributed by atoms with Gasteiger partial charge >= 0.3 is 5.97 Å². The van der Waals surface area contributed by atoms with Crippen LogP contribution < -0.4 is 5.32 Å². The number of carbonyl (C=O) groups is 2. The standard InChI is InChI=1S/C22H23N3O3S/c1-5-28-22(27)21-19(17-10-11-23-12-18(17)29-21)24-16-8-6-15(7-9-16)20(26)14(2)13-25(3)4/h6-13,24H,5H2,1-4H3/b14-13+. The van der Waals surface area contributed by atoms with Gasteiger partial charge in [-0.1, -0.05) is 0 Å². The second-order valence-corrected chi connectivity index (χ2v) is 7.76. The van der Waals surface area contributed by atoms with Crippen molar-refractivity contribution in [2.24, 2.45) is 0 Å². The van der Waals surface area contributed by atoms with Gasteiger partial charge in [-0.3, -0.25) is 9.78 Å². The number of pyridine rings is 1. The molecule has 150 valence electrons. The van der Waals surface area contributed by atoms with E-state index in [1.165, 1.54) is 11.3 Å². The van der Waals surface area contributed by atoms with Crippen LogP contribution in [0, 0.1) is 0 Å². The lowest BCUT2D eigenvalue weighted by Crippen LogP contribution is -2.08. The number of ether oxygens (including phenoxy) is 1. The minimum absolute atomic E-state index is 0.0236. The Labute approximate surface area is 173 Å². The van der Waals surface area contributed by atoms with Gasteiger partial charge in [0.15, 0.2) is 5.78 Å². The Balaban J connectivity index is 1.90. The summed E-state index contributed by atoms with van der Waals surface area (Å²) in [7, 11) is 3.76. The maximum Gasteiger partial charge on any atom is 0.350 e. The van der Waals surface area contributed by atoms with Crippen molar-refractivity contribution in [3.8, 4) is 0 Å². The summed E-state index contributed by atoms with van der Waals surface area (Å²) in [4.78, 5) is 31.4. The fourth-order valence-corrected chi connectivity index (χ4v) is 3.96. The number of hydrogen-bond acceptors (Lipinski definition) is 7. The van der Waals surface area contributed by atoms with Gasteiger partial charge in [-0.2, -0.15) is 0 Å². The number of anilines is 2. The third-order valence-corrected chi connectivity index (χ3v) is 5.30. The topological polar surface area (TPSA) is 71.5 Å². The largest absolute Gasteiger partial charge is 0.462 e. The first-order valence-electron chi connectivity index (χ1n) is 9.21. The molecule has 0 aliphatic rings. The van der Waals surface area contributed by atoms with Crippen LogP contribution in [0.15, 0.2) is 54.5 Å². The highest BCUT2D eigenvalue weighted by atomic mass is 32.1. The molecule has 0 spiro atoms. The highest BCUT2D eigenvalue weighted by molar-refractivity contribution is 7.21. The number of Topliss-reactive ketones (excluding diaryl/α,β-unsaturated/α-hetero) is 1. The van der Waals surface area contributed by atoms with Crippen LogP contribution >= 0.6 is 11.3 Å². The van der Waals surface area contributed by atoms with E-state index in [4.69, 9.17) is 4.74 Å². The number of nitrogens with one attached hydrogen (secondary N) is 1. The highest BCUT2D eigenvalue weighted by Gasteiger charge is 2.20. The zero-order chi connectivity index (χ0) is 21.0. The number of aromatic nitrogens is 1. The molecule has 3 aromatic rings. The molecule has 0 amide bonds. The third kappa shape index (κ3) is 4.63. The molecule has 0 bridgehead atoms. The fourth-order valence-electron chi connectivity index (χ4n) is 2.94. The van der Waals surface area contributed by atoms with Gasteiger partial charge in [-0.25, -0.2) is 4.79 Å². The van der Waals surface area contributed by atoms with E-state index < -0.39 is 0 Å². The van der Waals surface area contributed by atoms with Gasteiger partial charge in [-0.15, -0.1) is 11.3 Å². The molecule has 29 heavy (non-hydrogen) atoms. The number of nitrogens with zero attached hydrogens (tertiary/aromatic N) is 2. The summed E-state index contributed by atoms with van der Waals surface area (Å²) in [6.07, 6.45) is 5.22. The summed E-state index contributed by atoms with van der Waals surface area (Å²) in [5.74, 6) is -0.392. The quantitative estimate of drug-likeness (QED) is 0.341. The van der Waals surface area contributed by atoms with E-state index in [1.54, 1.807) is 44.6 Å². The maximum atomic E-state index is 12.5. The average Bonchev–Trinajstić information content (AvgIpc) is 3.06. The molecule has 0 unspecified atom stereocenters. The Morgan fingerprint density at radius 1 is 1.21 bits per heavy atom. The van der Waals surface area contributed by atoms with Crippen LogP contribution in [-0.2, 0) is 4.74 Å². The molecule has 0 radical (unpaired) electrons. The normalized spacial score (nSPS) is 11.4. The molecule has 1 N–H and O–H groups in total. The summed E-state index contributed by atoms with van der Waals surface area (Å²) in [5.41, 5.74) is 2.74. The summed E-state index contributed by atoms with van der Waals surface area (Å²) >= 11 is 1.34. The molecule has 7 heteroatoms. The number of fused-ring (bicyclic) bond motifs is 1. The van der Waals surface area contributed by atoms with Crippen molar-refractivity contribution < 1.29 is 14.3 Å². The van der Waals surface area contributed by atoms with E-state index in [0.717, 1.165) is 15.8 Å². The van der Waals surface area contributed by atoms with Gasteiger partial charge in [0, 0.05) is 54.9 Å². The average molecular weight is 410 g/mol. The first-order valence-corrected chi connectivity index (χ1v) is 10.0. The Morgan fingerprint density at radius 2 is 1.93 bits per heavy atom. The van der Waals surface area contributed by atoms with Crippen LogP contribution in [0.25, 0.3) is 10.1 Å². The predicted octanol–water partition coefficient (Wildman–Crippen LogP) is 4.86. The van der Waals surface area contributed by atoms with E-state index in [1.807, 2.05) is 37.2 Å². The molecule has 0 fully saturated rings. The zero-order valence-corrected chi connectivity index (χ0v) is 17.7. The summed E-state index contributed by atoms with van der Waals surface area (Å²) < 4.78 is 6.10. The molecular weight excluding hydrogens is 386 g/mol. The van der Waals surface area contributed by atoms with Crippen molar-refractivity contribution in [2.75, 3.05) is 26.0 Å². The van der Waals surface area contributed by atoms with Crippen LogP contribution in [0.3, 0.4) is 0 Å². The van der Waals surface area contributed by atoms with Gasteiger partial charge in [0.25, 0.3) is 0 Å². The van der Waals surface area contributed by atoms with Crippen LogP contribution in [0.5, 0.6) is 0 Å². The van der Waals surface area contributed by atoms with Crippen LogP contribution in [0.2, 0.25) is 0 Å². The Hall–Kier alpha value is -3.19. The smallest absolute Gasteiger partial charge is 0.350 e. The number of allylic oxidation sites excluding steroid dienone is 1. The number of thiophene rings is 1. The Bertz CT molecular complexity index is 1070. The minimum Gasteiger partial charge on any atom is -0.462 e. The van der Waals surface area contributed by atoms with E-state index in [0.29, 0.717) is 28.3 Å². The highest BCUT2D eigenvalue weighted by Crippen LogP contribution is 2.37. The van der Waals surface area contributed by atoms with Crippen molar-refractivity contribution >= 4 is 44.6 Å². The molecule has 0 saturated carbocycles. The van der Waals surface area contributed by atoms with E-state index in [9.17, 15) is 9.59 Å². The number of carbonyl (C=O) groups excluding carboxylic acids is 2. The Morgan fingerprint density at radius 3 is 2.59 bits per heavy atom. The second kappa shape index (κ2) is 8.87. The van der Waals surface area contributed by atoms with Crippen molar-refractivity contribution in [3.05, 3.63) is 64.9 Å². The molecule has 3 rings (SSSR count). The number of benzene rings is 1. The molecule has 0 atom stereocenters. The molecule has 0 saturated heterocycles. The lowest BCUT2D eigenvalue weighted by molar-refractivity contribution is 0.0533. The van der Waals surface area contributed by atoms with E-state index >= 15 is 0 Å². The molecule has 2 heterocycles. The second-order valence-electron chi connectivity index (χ2n) is 6.71. The first-order chi connectivity index (χ1) is 13.9. The van der Waals surface area contributed by atoms with Crippen molar-refractivity contribution in [2.45, 2.75) is 13.8 Å². The minimum atomic E-state index is -0.368. The lowest BCUT2D eigenvalue weighted by Gasteiger charge is -2.10. The number of esters is 1. The first kappa shape index (κ1) is 20.5. The van der Waals surface area contributed by atoms with Gasteiger partial charge < -0.3 is 15.0 Å². The number of ketones is 1. The monoisotopic (exact) mass is 409 g/mol. The Kier molecular flexibility index (Phi) is 6.29. The van der Waals surface area contributed by atoms with Crippen LogP contribution in [0.1, 0.15) is 33.9 Å². The van der Waals surface area contributed by atoms with Gasteiger partial charge in [0.05, 0.1) is 17.0 Å². The van der Waals surface area contributed by atoms with Gasteiger partial charge in [0.1, 0.15) is 4.88 Å². The maximum absolute atomic E-state index is 12.5. The molecular formula is C22H23N3O3S. The zero-order valence-electron chi connectivity index (χ0n) is 16.9. The molecule has 2 aromatic heterocycles. The number of hydrogen-bond donors (Lipinski definition) is 1. The van der Waals surface area contributed by atoms with Crippen LogP contribution in [-0.4, -0.2) is 42.3 Å². The van der Waals surface area contributed by atoms with Crippen LogP contribution in [0.4, 0.5) is 11.4 Å². The summed E-state index contributed by atoms with van der Waals surface area (Å²) in [5, 5.41) is 4.21. The third-order valence-electron chi connectivity index (χ3n) is 4.18. The van der Waals surface area contributed by atoms with Gasteiger partial charge in [-0.05, 0) is 44.2 Å². The van der Waals surface area contributed by atoms with E-state index in [2.05, 4.69) is 10.3 Å². The SMILES string of the molecule is CCOC(=O)c1sc2cnccc2c1Nc1ccc(C(=O)/C(C)=C/N(C)C)cc1. The molecule has 0 aliphatic heterocycles. The number of rotatable bonds is 7. The lowest BCUT2D eigenvalue weighted by atomic mass is 10.0. The summed E-state index contributed by atoms with van der Waals surface area (Å²) in [6.45, 7) is 3.88. The van der Waals surface area contributed by atoms with E-state index in [-0.39, 0.29) is 11.8 Å². The molecule has 0 aliphatic carbocycles. The van der Waals surface area contributed by atoms with Gasteiger partial charge in [0.2, 0.25) is 0 Å². The molecule has 6 nitrogen and oxygen atoms in total. The van der Waals surface area contributed by atoms with Crippen molar-refractivity contribution in [1.29, 1.82) is 0 Å². The van der Waals surface area contributed by atoms with Crippen molar-refractivity contribution in [3.63, 3.8) is 0 Å². The molecule has 1 aromatic carbocycles.